The predicted octanol–water partition coefficient (Wildman–Crippen LogP) is 5.79. The second-order valence-electron chi connectivity index (χ2n) is 9.66. The third kappa shape index (κ3) is 5.77. The van der Waals surface area contributed by atoms with Gasteiger partial charge in [-0.05, 0) is 62.4 Å². The van der Waals surface area contributed by atoms with Crippen LogP contribution in [0.2, 0.25) is 0 Å². The zero-order chi connectivity index (χ0) is 25.9. The number of nitrogens with zero attached hydrogens (tertiary/aromatic N) is 3. The Balaban J connectivity index is 1.41. The number of amides is 2. The third-order valence-corrected chi connectivity index (χ3v) is 6.56. The number of carbonyl (C=O) groups excluding carboxylic acids is 2. The Morgan fingerprint density at radius 3 is 2.43 bits per heavy atom. The Morgan fingerprint density at radius 2 is 1.76 bits per heavy atom. The SMILES string of the molecule is Cc1ccc(C(=O)N(CC(=O)Nc2nc(-c3ccccc3)cn2-c2ccc(C)c(F)c2)CC2CC2)cc1. The molecule has 1 N–H and O–H groups in total. The van der Waals surface area contributed by atoms with Crippen LogP contribution in [0, 0.1) is 25.6 Å². The van der Waals surface area contributed by atoms with E-state index in [-0.39, 0.29) is 30.1 Å². The van der Waals surface area contributed by atoms with Crippen LogP contribution in [0.25, 0.3) is 16.9 Å². The van der Waals surface area contributed by atoms with Gasteiger partial charge in [0.1, 0.15) is 12.4 Å². The monoisotopic (exact) mass is 496 g/mol. The lowest BCUT2D eigenvalue weighted by molar-refractivity contribution is -0.117. The van der Waals surface area contributed by atoms with E-state index in [1.165, 1.54) is 6.07 Å². The predicted molar refractivity (Wildman–Crippen MR) is 142 cm³/mol. The van der Waals surface area contributed by atoms with E-state index in [0.29, 0.717) is 35.0 Å². The number of aryl methyl sites for hydroxylation is 2. The first-order valence-electron chi connectivity index (χ1n) is 12.4. The van der Waals surface area contributed by atoms with E-state index in [4.69, 9.17) is 0 Å². The number of anilines is 1. The number of halogens is 1. The first-order valence-corrected chi connectivity index (χ1v) is 12.4. The summed E-state index contributed by atoms with van der Waals surface area (Å²) in [5.74, 6) is -0.189. The van der Waals surface area contributed by atoms with Gasteiger partial charge < -0.3 is 4.90 Å². The van der Waals surface area contributed by atoms with Crippen molar-refractivity contribution in [1.82, 2.24) is 14.5 Å². The van der Waals surface area contributed by atoms with E-state index < -0.39 is 0 Å². The van der Waals surface area contributed by atoms with Gasteiger partial charge in [0.2, 0.25) is 11.9 Å². The third-order valence-electron chi connectivity index (χ3n) is 6.56. The molecule has 0 aliphatic heterocycles. The largest absolute Gasteiger partial charge is 0.329 e. The number of hydrogen-bond acceptors (Lipinski definition) is 3. The molecule has 0 spiro atoms. The van der Waals surface area contributed by atoms with Crippen molar-refractivity contribution in [3.8, 4) is 16.9 Å². The summed E-state index contributed by atoms with van der Waals surface area (Å²) in [6.07, 6.45) is 3.89. The molecule has 2 amide bonds. The van der Waals surface area contributed by atoms with Crippen LogP contribution in [-0.4, -0.2) is 39.4 Å². The summed E-state index contributed by atoms with van der Waals surface area (Å²) < 4.78 is 16.1. The number of imidazole rings is 1. The zero-order valence-electron chi connectivity index (χ0n) is 20.9. The second kappa shape index (κ2) is 10.4. The Labute approximate surface area is 215 Å². The van der Waals surface area contributed by atoms with Crippen LogP contribution < -0.4 is 5.32 Å². The van der Waals surface area contributed by atoms with Gasteiger partial charge in [0, 0.05) is 23.9 Å². The minimum Gasteiger partial charge on any atom is -0.329 e. The van der Waals surface area contributed by atoms with E-state index in [2.05, 4.69) is 10.3 Å². The molecule has 0 saturated heterocycles. The van der Waals surface area contributed by atoms with Crippen molar-refractivity contribution in [1.29, 1.82) is 0 Å². The summed E-state index contributed by atoms with van der Waals surface area (Å²) in [5, 5.41) is 2.87. The fourth-order valence-corrected chi connectivity index (χ4v) is 4.19. The average molecular weight is 497 g/mol. The number of rotatable bonds is 8. The van der Waals surface area contributed by atoms with E-state index in [9.17, 15) is 14.0 Å². The van der Waals surface area contributed by atoms with Crippen molar-refractivity contribution in [2.24, 2.45) is 5.92 Å². The topological polar surface area (TPSA) is 67.2 Å². The summed E-state index contributed by atoms with van der Waals surface area (Å²) in [6.45, 7) is 4.10. The van der Waals surface area contributed by atoms with Crippen molar-refractivity contribution in [2.45, 2.75) is 26.7 Å². The van der Waals surface area contributed by atoms with E-state index >= 15 is 0 Å². The molecule has 1 fully saturated rings. The van der Waals surface area contributed by atoms with Gasteiger partial charge in [0.15, 0.2) is 0 Å². The molecule has 0 radical (unpaired) electrons. The van der Waals surface area contributed by atoms with Gasteiger partial charge in [0.25, 0.3) is 5.91 Å². The van der Waals surface area contributed by atoms with Crippen LogP contribution in [-0.2, 0) is 4.79 Å². The van der Waals surface area contributed by atoms with Crippen LogP contribution in [0.15, 0.2) is 79.0 Å². The fraction of sp³-hybridized carbons (Fsp3) is 0.233. The highest BCUT2D eigenvalue weighted by Gasteiger charge is 2.29. The highest BCUT2D eigenvalue weighted by atomic mass is 19.1. The molecule has 1 aliphatic rings. The Kier molecular flexibility index (Phi) is 6.86. The quantitative estimate of drug-likeness (QED) is 0.336. The zero-order valence-corrected chi connectivity index (χ0v) is 20.9. The van der Waals surface area contributed by atoms with Crippen molar-refractivity contribution in [3.05, 3.63) is 102 Å². The van der Waals surface area contributed by atoms with Crippen LogP contribution in [0.5, 0.6) is 0 Å². The molecule has 37 heavy (non-hydrogen) atoms. The van der Waals surface area contributed by atoms with Gasteiger partial charge in [-0.1, -0.05) is 54.1 Å². The molecule has 4 aromatic rings. The Bertz CT molecular complexity index is 1430. The number of benzene rings is 3. The number of nitrogens with one attached hydrogen (secondary N) is 1. The highest BCUT2D eigenvalue weighted by Crippen LogP contribution is 2.30. The van der Waals surface area contributed by atoms with Crippen LogP contribution in [0.4, 0.5) is 10.3 Å². The Hall–Kier alpha value is -4.26. The minimum atomic E-state index is -0.361. The van der Waals surface area contributed by atoms with Gasteiger partial charge in [-0.15, -0.1) is 0 Å². The van der Waals surface area contributed by atoms with Crippen LogP contribution in [0.1, 0.15) is 34.3 Å². The lowest BCUT2D eigenvalue weighted by Crippen LogP contribution is -2.39. The molecule has 1 aromatic heterocycles. The van der Waals surface area contributed by atoms with Gasteiger partial charge >= 0.3 is 0 Å². The lowest BCUT2D eigenvalue weighted by Gasteiger charge is -2.22. The number of carbonyl (C=O) groups is 2. The highest BCUT2D eigenvalue weighted by molar-refractivity contribution is 5.99. The van der Waals surface area contributed by atoms with Gasteiger partial charge in [-0.2, -0.15) is 0 Å². The van der Waals surface area contributed by atoms with Crippen molar-refractivity contribution in [2.75, 3.05) is 18.4 Å². The number of hydrogen-bond donors (Lipinski definition) is 1. The summed E-state index contributed by atoms with van der Waals surface area (Å²) in [6, 6.07) is 21.8. The summed E-state index contributed by atoms with van der Waals surface area (Å²) in [5.41, 5.74) is 4.21. The normalized spacial score (nSPS) is 12.8. The van der Waals surface area contributed by atoms with Gasteiger partial charge in [-0.3, -0.25) is 19.5 Å². The summed E-state index contributed by atoms with van der Waals surface area (Å²) >= 11 is 0. The molecule has 1 heterocycles. The Morgan fingerprint density at radius 1 is 1.03 bits per heavy atom. The molecule has 0 atom stereocenters. The molecule has 6 nitrogen and oxygen atoms in total. The van der Waals surface area contributed by atoms with Crippen LogP contribution in [0.3, 0.4) is 0 Å². The van der Waals surface area contributed by atoms with Gasteiger partial charge in [0.05, 0.1) is 11.4 Å². The van der Waals surface area contributed by atoms with Gasteiger partial charge in [-0.25, -0.2) is 9.37 Å². The maximum atomic E-state index is 14.4. The molecular formula is C30H29FN4O2. The molecule has 188 valence electrons. The molecule has 1 saturated carbocycles. The first-order chi connectivity index (χ1) is 17.9. The van der Waals surface area contributed by atoms with Crippen LogP contribution >= 0.6 is 0 Å². The summed E-state index contributed by atoms with van der Waals surface area (Å²) in [7, 11) is 0. The maximum Gasteiger partial charge on any atom is 0.254 e. The smallest absolute Gasteiger partial charge is 0.254 e. The van der Waals surface area contributed by atoms with E-state index in [1.54, 1.807) is 46.9 Å². The molecule has 5 rings (SSSR count). The molecule has 0 unspecified atom stereocenters. The van der Waals surface area contributed by atoms with Crippen molar-refractivity contribution < 1.29 is 14.0 Å². The average Bonchev–Trinajstić information content (AvgIpc) is 3.62. The lowest BCUT2D eigenvalue weighted by atomic mass is 10.1. The molecule has 3 aromatic carbocycles. The van der Waals surface area contributed by atoms with Crippen molar-refractivity contribution in [3.63, 3.8) is 0 Å². The molecule has 1 aliphatic carbocycles. The maximum absolute atomic E-state index is 14.4. The molecule has 0 bridgehead atoms. The fourth-order valence-electron chi connectivity index (χ4n) is 4.19. The van der Waals surface area contributed by atoms with E-state index in [0.717, 1.165) is 24.0 Å². The second-order valence-corrected chi connectivity index (χ2v) is 9.66. The minimum absolute atomic E-state index is 0.0982. The first kappa shape index (κ1) is 24.4. The number of aromatic nitrogens is 2. The molecule has 7 heteroatoms. The summed E-state index contributed by atoms with van der Waals surface area (Å²) in [4.78, 5) is 32.7. The van der Waals surface area contributed by atoms with E-state index in [1.807, 2.05) is 49.4 Å². The standard InChI is InChI=1S/C30H29FN4O2/c1-20-8-13-24(14-9-20)29(37)34(17-22-11-12-22)19-28(36)33-30-32-27(23-6-4-3-5-7-23)18-35(30)25-15-10-21(2)26(31)16-25/h3-10,13-16,18,22H,11-12,17,19H2,1-2H3,(H,32,33,36). The van der Waals surface area contributed by atoms with Crippen molar-refractivity contribution >= 4 is 17.8 Å². The molecular weight excluding hydrogens is 467 g/mol.